The Labute approximate surface area is 162 Å². The van der Waals surface area contributed by atoms with E-state index in [4.69, 9.17) is 6.15 Å². The highest BCUT2D eigenvalue weighted by atomic mass is 19.1. The number of hydrogen-bond donors (Lipinski definition) is 2. The minimum Gasteiger partial charge on any atom is -0.489 e. The quantitative estimate of drug-likeness (QED) is 0.838. The number of ether oxygens (including phenoxy) is 1. The predicted molar refractivity (Wildman–Crippen MR) is 98.7 cm³/mol. The Morgan fingerprint density at radius 1 is 1.50 bits per heavy atom. The minimum atomic E-state index is -1.27. The van der Waals surface area contributed by atoms with Crippen molar-refractivity contribution in [3.63, 3.8) is 0 Å². The average Bonchev–Trinajstić information content (AvgIpc) is 3.19. The number of nitrogens with zero attached hydrogens (tertiary/aromatic N) is 3. The fraction of sp³-hybridized carbons (Fsp3) is 0.474. The maximum absolute atomic E-state index is 14.2. The van der Waals surface area contributed by atoms with Crippen molar-refractivity contribution in [3.8, 4) is 5.75 Å². The normalized spacial score (nSPS) is 21.3. The van der Waals surface area contributed by atoms with Crippen molar-refractivity contribution in [2.45, 2.75) is 45.7 Å². The monoisotopic (exact) mass is 388 g/mol. The summed E-state index contributed by atoms with van der Waals surface area (Å²) in [7, 11) is 0. The van der Waals surface area contributed by atoms with Crippen LogP contribution in [0, 0.1) is 18.7 Å². The number of hydrogen-bond acceptors (Lipinski definition) is 5. The Balaban J connectivity index is 1.55. The average molecular weight is 388 g/mol. The first kappa shape index (κ1) is 17.2. The third-order valence-corrected chi connectivity index (χ3v) is 5.06. The van der Waals surface area contributed by atoms with E-state index in [-0.39, 0.29) is 29.9 Å². The molecule has 0 spiro atoms. The van der Waals surface area contributed by atoms with Crippen LogP contribution in [-0.4, -0.2) is 39.2 Å². The number of fused-ring (bicyclic) bond motifs is 2. The molecule has 9 heteroatoms. The van der Waals surface area contributed by atoms with E-state index in [0.29, 0.717) is 29.0 Å². The Morgan fingerprint density at radius 3 is 3.04 bits per heavy atom. The number of anilines is 1. The predicted octanol–water partition coefficient (Wildman–Crippen LogP) is 2.00. The number of aromatic nitrogens is 3. The maximum atomic E-state index is 14.2. The standard InChI is InChI=1S/C19H22FN5O3/c1-9(2)13-4-5-15-22-17(24-25(13)15)19(27)21-12-8-28-14-7-10(3)6-11(20)16(14)23-18(12)26/h6-7,9,12-13H,4-5,8H2,1-3H3,(H,21,27)(H,23,26)/t12-,13?/m0/s1/i/hD. The summed E-state index contributed by atoms with van der Waals surface area (Å²) in [5.41, 5.74) is 0.534. The van der Waals surface area contributed by atoms with Crippen LogP contribution in [0.15, 0.2) is 12.1 Å². The molecule has 148 valence electrons. The first-order chi connectivity index (χ1) is 13.8. The highest BCUT2D eigenvalue weighted by Gasteiger charge is 2.32. The van der Waals surface area contributed by atoms with Gasteiger partial charge in [0.2, 0.25) is 5.82 Å². The van der Waals surface area contributed by atoms with E-state index in [1.165, 1.54) is 6.07 Å². The molecule has 1 aromatic heterocycles. The highest BCUT2D eigenvalue weighted by molar-refractivity contribution is 6.01. The Kier molecular flexibility index (Phi) is 4.22. The minimum absolute atomic E-state index is 0.0946. The smallest absolute Gasteiger partial charge is 0.291 e. The summed E-state index contributed by atoms with van der Waals surface area (Å²) in [6, 6.07) is 1.75. The largest absolute Gasteiger partial charge is 0.489 e. The molecule has 1 aromatic carbocycles. The van der Waals surface area contributed by atoms with Crippen molar-refractivity contribution in [2.75, 3.05) is 11.9 Å². The van der Waals surface area contributed by atoms with Crippen LogP contribution in [0.4, 0.5) is 10.1 Å². The Morgan fingerprint density at radius 2 is 2.29 bits per heavy atom. The summed E-state index contributed by atoms with van der Waals surface area (Å²) in [6.07, 6.45) is 1.62. The fourth-order valence-corrected chi connectivity index (χ4v) is 3.59. The molecule has 1 unspecified atom stereocenters. The van der Waals surface area contributed by atoms with Crippen LogP contribution in [0.5, 0.6) is 5.75 Å². The first-order valence-electron chi connectivity index (χ1n) is 9.72. The molecule has 2 aliphatic heterocycles. The molecule has 4 rings (SSSR count). The van der Waals surface area contributed by atoms with Gasteiger partial charge in [-0.05, 0) is 37.0 Å². The zero-order chi connectivity index (χ0) is 20.9. The van der Waals surface area contributed by atoms with Crippen LogP contribution in [0.25, 0.3) is 0 Å². The number of halogens is 1. The third kappa shape index (κ3) is 3.21. The SMILES string of the molecule is [2H]N(C(=O)c1nc2n(n1)C(C(C)C)CC2)[C@H]1COc2cc(C)cc(F)c2NC1=O. The van der Waals surface area contributed by atoms with E-state index in [1.54, 1.807) is 17.7 Å². The second kappa shape index (κ2) is 6.88. The van der Waals surface area contributed by atoms with E-state index in [2.05, 4.69) is 29.2 Å². The van der Waals surface area contributed by atoms with Gasteiger partial charge in [-0.1, -0.05) is 13.8 Å². The molecule has 2 atom stereocenters. The molecule has 0 bridgehead atoms. The number of carbonyl (C=O) groups is 2. The van der Waals surface area contributed by atoms with E-state index in [9.17, 15) is 14.0 Å². The van der Waals surface area contributed by atoms with Crippen molar-refractivity contribution in [1.29, 1.82) is 0 Å². The Bertz CT molecular complexity index is 992. The molecule has 0 fully saturated rings. The molecular weight excluding hydrogens is 365 g/mol. The molecule has 3 heterocycles. The second-order valence-electron chi connectivity index (χ2n) is 7.52. The van der Waals surface area contributed by atoms with Crippen molar-refractivity contribution in [3.05, 3.63) is 35.2 Å². The van der Waals surface area contributed by atoms with Gasteiger partial charge in [0.25, 0.3) is 11.8 Å². The van der Waals surface area contributed by atoms with Gasteiger partial charge in [0.1, 0.15) is 29.9 Å². The summed E-state index contributed by atoms with van der Waals surface area (Å²) in [5.74, 6) is -1.07. The van der Waals surface area contributed by atoms with E-state index < -0.39 is 23.7 Å². The summed E-state index contributed by atoms with van der Waals surface area (Å²) < 4.78 is 29.6. The molecule has 0 saturated heterocycles. The number of amides is 2. The van der Waals surface area contributed by atoms with Crippen LogP contribution in [-0.2, 0) is 11.2 Å². The summed E-state index contributed by atoms with van der Waals surface area (Å²) in [5, 5.41) is 7.20. The van der Waals surface area contributed by atoms with Crippen LogP contribution in [0.3, 0.4) is 0 Å². The lowest BCUT2D eigenvalue weighted by Crippen LogP contribution is -2.46. The first-order valence-corrected chi connectivity index (χ1v) is 9.28. The van der Waals surface area contributed by atoms with Gasteiger partial charge in [-0.25, -0.2) is 14.1 Å². The molecule has 0 saturated carbocycles. The number of aryl methyl sites for hydroxylation is 2. The van der Waals surface area contributed by atoms with Crippen molar-refractivity contribution in [2.24, 2.45) is 5.92 Å². The lowest BCUT2D eigenvalue weighted by atomic mass is 10.0. The summed E-state index contributed by atoms with van der Waals surface area (Å²) >= 11 is 0. The van der Waals surface area contributed by atoms with Gasteiger partial charge in [0.15, 0.2) is 7.23 Å². The molecule has 8 nitrogen and oxygen atoms in total. The highest BCUT2D eigenvalue weighted by Crippen LogP contribution is 2.32. The third-order valence-electron chi connectivity index (χ3n) is 5.06. The van der Waals surface area contributed by atoms with Gasteiger partial charge < -0.3 is 15.4 Å². The lowest BCUT2D eigenvalue weighted by Gasteiger charge is -2.15. The summed E-state index contributed by atoms with van der Waals surface area (Å²) in [6.45, 7) is 5.57. The number of rotatable bonds is 3. The number of nitrogens with one attached hydrogen (secondary N) is 2. The van der Waals surface area contributed by atoms with Gasteiger partial charge in [-0.15, -0.1) is 5.10 Å². The van der Waals surface area contributed by atoms with E-state index >= 15 is 0 Å². The van der Waals surface area contributed by atoms with Crippen LogP contribution in [0.2, 0.25) is 1.41 Å². The number of carbonyl (C=O) groups excluding carboxylic acids is 2. The second-order valence-corrected chi connectivity index (χ2v) is 7.52. The molecule has 0 radical (unpaired) electrons. The number of benzene rings is 1. The molecule has 28 heavy (non-hydrogen) atoms. The van der Waals surface area contributed by atoms with E-state index in [0.717, 1.165) is 6.42 Å². The Hall–Kier alpha value is -2.97. The molecule has 2 amide bonds. The maximum Gasteiger partial charge on any atom is 0.291 e. The van der Waals surface area contributed by atoms with E-state index in [1.807, 2.05) is 0 Å². The lowest BCUT2D eigenvalue weighted by molar-refractivity contribution is -0.118. The van der Waals surface area contributed by atoms with Crippen LogP contribution < -0.4 is 15.4 Å². The molecular formula is C19H22FN5O3. The van der Waals surface area contributed by atoms with Crippen molar-refractivity contribution < 1.29 is 20.1 Å². The zero-order valence-electron chi connectivity index (χ0n) is 16.9. The topological polar surface area (TPSA) is 98.1 Å². The fourth-order valence-electron chi connectivity index (χ4n) is 3.59. The van der Waals surface area contributed by atoms with Gasteiger partial charge >= 0.3 is 0 Å². The van der Waals surface area contributed by atoms with Crippen LogP contribution in [0.1, 0.15) is 48.3 Å². The van der Waals surface area contributed by atoms with Crippen LogP contribution >= 0.6 is 0 Å². The molecule has 2 aliphatic rings. The molecule has 0 aliphatic carbocycles. The van der Waals surface area contributed by atoms with Crippen molar-refractivity contribution in [1.82, 2.24) is 20.1 Å². The molecule has 2 N–H and O–H groups in total. The van der Waals surface area contributed by atoms with Gasteiger partial charge in [0, 0.05) is 6.42 Å². The van der Waals surface area contributed by atoms with Gasteiger partial charge in [-0.3, -0.25) is 9.59 Å². The van der Waals surface area contributed by atoms with Gasteiger partial charge in [-0.2, -0.15) is 0 Å². The van der Waals surface area contributed by atoms with Gasteiger partial charge in [0.05, 0.1) is 6.04 Å². The molecule has 2 aromatic rings. The zero-order valence-corrected chi connectivity index (χ0v) is 15.9. The summed E-state index contributed by atoms with van der Waals surface area (Å²) in [4.78, 5) is 29.6. The van der Waals surface area contributed by atoms with Crippen molar-refractivity contribution >= 4 is 17.5 Å².